The number of sulfonamides is 1. The fraction of sp³-hybridized carbons (Fsp3) is 0.333. The van der Waals surface area contributed by atoms with Gasteiger partial charge in [0.05, 0.1) is 17.7 Å². The number of halogens is 1. The number of benzene rings is 3. The standard InChI is InChI=1S/C30H36ClN3O5S/c1-6-28(30(36)32-21(2)3)33(19-23-10-7-9-22(4)17-23)29(35)20-34(25-12-8-11-24(31)18-25)40(37,38)27-15-13-26(39-5)14-16-27/h7-18,21,28H,6,19-20H2,1-5H3,(H,32,36)/t28-/m1/s1. The molecule has 0 fully saturated rings. The van der Waals surface area contributed by atoms with Gasteiger partial charge in [-0.1, -0.05) is 54.4 Å². The summed E-state index contributed by atoms with van der Waals surface area (Å²) in [6.45, 7) is 7.06. The minimum atomic E-state index is -4.20. The Bertz CT molecular complexity index is 1430. The van der Waals surface area contributed by atoms with Crippen molar-refractivity contribution >= 4 is 39.1 Å². The molecule has 0 spiro atoms. The molecule has 3 rings (SSSR count). The highest BCUT2D eigenvalue weighted by atomic mass is 35.5. The van der Waals surface area contributed by atoms with E-state index in [2.05, 4.69) is 5.32 Å². The van der Waals surface area contributed by atoms with Crippen LogP contribution in [-0.4, -0.2) is 50.9 Å². The van der Waals surface area contributed by atoms with Gasteiger partial charge >= 0.3 is 0 Å². The van der Waals surface area contributed by atoms with E-state index in [0.717, 1.165) is 15.4 Å². The molecule has 8 nitrogen and oxygen atoms in total. The molecule has 1 atom stereocenters. The SMILES string of the molecule is CC[C@H](C(=O)NC(C)C)N(Cc1cccc(C)c1)C(=O)CN(c1cccc(Cl)c1)S(=O)(=O)c1ccc(OC)cc1. The third-order valence-electron chi connectivity index (χ3n) is 6.27. The molecule has 40 heavy (non-hydrogen) atoms. The van der Waals surface area contributed by atoms with E-state index in [4.69, 9.17) is 16.3 Å². The number of nitrogens with zero attached hydrogens (tertiary/aromatic N) is 2. The molecule has 0 aliphatic heterocycles. The van der Waals surface area contributed by atoms with E-state index in [1.165, 1.54) is 42.3 Å². The topological polar surface area (TPSA) is 96.0 Å². The van der Waals surface area contributed by atoms with Crippen LogP contribution in [0.2, 0.25) is 5.02 Å². The zero-order valence-corrected chi connectivity index (χ0v) is 25.0. The Hall–Kier alpha value is -3.56. The highest BCUT2D eigenvalue weighted by molar-refractivity contribution is 7.92. The van der Waals surface area contributed by atoms with Gasteiger partial charge in [0.1, 0.15) is 18.3 Å². The predicted octanol–water partition coefficient (Wildman–Crippen LogP) is 5.18. The van der Waals surface area contributed by atoms with Crippen molar-refractivity contribution in [1.29, 1.82) is 0 Å². The first-order valence-electron chi connectivity index (χ1n) is 13.0. The summed E-state index contributed by atoms with van der Waals surface area (Å²) in [7, 11) is -2.72. The Morgan fingerprint density at radius 2 is 1.68 bits per heavy atom. The summed E-state index contributed by atoms with van der Waals surface area (Å²) < 4.78 is 34.0. The molecule has 214 valence electrons. The second-order valence-corrected chi connectivity index (χ2v) is 12.1. The van der Waals surface area contributed by atoms with Crippen LogP contribution in [0.15, 0.2) is 77.7 Å². The van der Waals surface area contributed by atoms with Crippen molar-refractivity contribution in [1.82, 2.24) is 10.2 Å². The molecule has 0 aliphatic rings. The number of anilines is 1. The molecule has 0 saturated heterocycles. The molecule has 0 aliphatic carbocycles. The molecule has 3 aromatic rings. The van der Waals surface area contributed by atoms with Gasteiger partial charge in [-0.3, -0.25) is 13.9 Å². The van der Waals surface area contributed by atoms with E-state index < -0.39 is 28.5 Å². The number of hydrogen-bond acceptors (Lipinski definition) is 5. The fourth-order valence-corrected chi connectivity index (χ4v) is 5.93. The number of nitrogens with one attached hydrogen (secondary N) is 1. The second-order valence-electron chi connectivity index (χ2n) is 9.77. The fourth-order valence-electron chi connectivity index (χ4n) is 4.34. The van der Waals surface area contributed by atoms with Crippen LogP contribution in [0.5, 0.6) is 5.75 Å². The number of methoxy groups -OCH3 is 1. The number of hydrogen-bond donors (Lipinski definition) is 1. The molecule has 2 amide bonds. The maximum atomic E-state index is 14.1. The van der Waals surface area contributed by atoms with Crippen molar-refractivity contribution in [3.63, 3.8) is 0 Å². The van der Waals surface area contributed by atoms with E-state index in [-0.39, 0.29) is 29.1 Å². The summed E-state index contributed by atoms with van der Waals surface area (Å²) in [6.07, 6.45) is 0.346. The molecule has 0 saturated carbocycles. The molecule has 10 heteroatoms. The minimum Gasteiger partial charge on any atom is -0.497 e. The first-order chi connectivity index (χ1) is 19.0. The van der Waals surface area contributed by atoms with Crippen LogP contribution in [0.4, 0.5) is 5.69 Å². The number of amides is 2. The average Bonchev–Trinajstić information content (AvgIpc) is 2.91. The number of ether oxygens (including phenoxy) is 1. The summed E-state index contributed by atoms with van der Waals surface area (Å²) in [4.78, 5) is 28.7. The monoisotopic (exact) mass is 585 g/mol. The van der Waals surface area contributed by atoms with Crippen LogP contribution < -0.4 is 14.4 Å². The van der Waals surface area contributed by atoms with E-state index in [9.17, 15) is 18.0 Å². The molecule has 0 radical (unpaired) electrons. The molecule has 3 aromatic carbocycles. The van der Waals surface area contributed by atoms with Crippen LogP contribution in [0.1, 0.15) is 38.3 Å². The summed E-state index contributed by atoms with van der Waals surface area (Å²) in [5.74, 6) is -0.328. The highest BCUT2D eigenvalue weighted by Gasteiger charge is 2.34. The molecular formula is C30H36ClN3O5S. The van der Waals surface area contributed by atoms with Crippen molar-refractivity contribution < 1.29 is 22.7 Å². The third-order valence-corrected chi connectivity index (χ3v) is 8.30. The van der Waals surface area contributed by atoms with Crippen molar-refractivity contribution in [2.75, 3.05) is 18.0 Å². The molecular weight excluding hydrogens is 550 g/mol. The minimum absolute atomic E-state index is 0.0177. The van der Waals surface area contributed by atoms with Crippen molar-refractivity contribution in [3.05, 3.63) is 88.9 Å². The van der Waals surface area contributed by atoms with Crippen molar-refractivity contribution in [2.24, 2.45) is 0 Å². The average molecular weight is 586 g/mol. The quantitative estimate of drug-likeness (QED) is 0.316. The highest BCUT2D eigenvalue weighted by Crippen LogP contribution is 2.28. The largest absolute Gasteiger partial charge is 0.497 e. The Morgan fingerprint density at radius 1 is 1.00 bits per heavy atom. The van der Waals surface area contributed by atoms with E-state index >= 15 is 0 Å². The van der Waals surface area contributed by atoms with E-state index in [0.29, 0.717) is 17.2 Å². The predicted molar refractivity (Wildman–Crippen MR) is 158 cm³/mol. The van der Waals surface area contributed by atoms with Crippen LogP contribution in [0.3, 0.4) is 0 Å². The number of aryl methyl sites for hydroxylation is 1. The third kappa shape index (κ3) is 7.76. The molecule has 0 aromatic heterocycles. The maximum absolute atomic E-state index is 14.1. The van der Waals surface area contributed by atoms with Gasteiger partial charge in [0.15, 0.2) is 0 Å². The van der Waals surface area contributed by atoms with Gasteiger partial charge in [-0.15, -0.1) is 0 Å². The molecule has 0 unspecified atom stereocenters. The van der Waals surface area contributed by atoms with Crippen LogP contribution in [0.25, 0.3) is 0 Å². The van der Waals surface area contributed by atoms with Gasteiger partial charge < -0.3 is 15.0 Å². The Kier molecular flexibility index (Phi) is 10.6. The van der Waals surface area contributed by atoms with Crippen LogP contribution >= 0.6 is 11.6 Å². The lowest BCUT2D eigenvalue weighted by Crippen LogP contribution is -2.53. The maximum Gasteiger partial charge on any atom is 0.264 e. The van der Waals surface area contributed by atoms with E-state index in [1.54, 1.807) is 18.2 Å². The normalized spacial score (nSPS) is 12.1. The zero-order chi connectivity index (χ0) is 29.4. The van der Waals surface area contributed by atoms with Crippen LogP contribution in [0, 0.1) is 6.92 Å². The Morgan fingerprint density at radius 3 is 2.25 bits per heavy atom. The van der Waals surface area contributed by atoms with E-state index in [1.807, 2.05) is 52.0 Å². The summed E-state index contributed by atoms with van der Waals surface area (Å²) in [5, 5.41) is 3.21. The lowest BCUT2D eigenvalue weighted by Gasteiger charge is -2.33. The first-order valence-corrected chi connectivity index (χ1v) is 14.9. The smallest absolute Gasteiger partial charge is 0.264 e. The lowest BCUT2D eigenvalue weighted by atomic mass is 10.1. The molecule has 1 N–H and O–H groups in total. The number of carbonyl (C=O) groups is 2. The second kappa shape index (κ2) is 13.7. The van der Waals surface area contributed by atoms with Gasteiger partial charge in [0.25, 0.3) is 10.0 Å². The summed E-state index contributed by atoms with van der Waals surface area (Å²) in [5.41, 5.74) is 2.07. The lowest BCUT2D eigenvalue weighted by molar-refractivity contribution is -0.140. The van der Waals surface area contributed by atoms with Gasteiger partial charge in [-0.05, 0) is 75.2 Å². The number of carbonyl (C=O) groups excluding carboxylic acids is 2. The first kappa shape index (κ1) is 31.0. The number of rotatable bonds is 12. The van der Waals surface area contributed by atoms with Gasteiger partial charge in [-0.2, -0.15) is 0 Å². The molecule has 0 heterocycles. The Balaban J connectivity index is 2.07. The summed E-state index contributed by atoms with van der Waals surface area (Å²) in [6, 6.07) is 18.9. The molecule has 0 bridgehead atoms. The van der Waals surface area contributed by atoms with Gasteiger partial charge in [-0.25, -0.2) is 8.42 Å². The summed E-state index contributed by atoms with van der Waals surface area (Å²) >= 11 is 6.22. The Labute approximate surface area is 241 Å². The van der Waals surface area contributed by atoms with Gasteiger partial charge in [0, 0.05) is 17.6 Å². The van der Waals surface area contributed by atoms with Crippen molar-refractivity contribution in [3.8, 4) is 5.75 Å². The zero-order valence-electron chi connectivity index (χ0n) is 23.4. The van der Waals surface area contributed by atoms with Crippen LogP contribution in [-0.2, 0) is 26.2 Å². The van der Waals surface area contributed by atoms with Crippen molar-refractivity contribution in [2.45, 2.75) is 57.6 Å². The van der Waals surface area contributed by atoms with Gasteiger partial charge in [0.2, 0.25) is 11.8 Å².